The highest BCUT2D eigenvalue weighted by molar-refractivity contribution is 6.34. The van der Waals surface area contributed by atoms with Crippen molar-refractivity contribution in [3.8, 4) is 0 Å². The van der Waals surface area contributed by atoms with Gasteiger partial charge < -0.3 is 24.4 Å². The molecule has 1 N–H and O–H groups in total. The first kappa shape index (κ1) is 26.4. The average Bonchev–Trinajstić information content (AvgIpc) is 3.42. The number of benzene rings is 1. The summed E-state index contributed by atoms with van der Waals surface area (Å²) in [5.41, 5.74) is -1.60. The van der Waals surface area contributed by atoms with Crippen LogP contribution in [0.3, 0.4) is 0 Å². The fourth-order valence-corrected chi connectivity index (χ4v) is 6.37. The van der Waals surface area contributed by atoms with E-state index < -0.39 is 35.0 Å². The van der Waals surface area contributed by atoms with Crippen molar-refractivity contribution in [2.24, 2.45) is 11.8 Å². The third-order valence-electron chi connectivity index (χ3n) is 7.61. The summed E-state index contributed by atoms with van der Waals surface area (Å²) in [7, 11) is 0. The average molecular weight is 517 g/mol. The lowest BCUT2D eigenvalue weighted by molar-refractivity contribution is -0.159. The summed E-state index contributed by atoms with van der Waals surface area (Å²) in [6.07, 6.45) is 5.01. The van der Waals surface area contributed by atoms with E-state index in [0.717, 1.165) is 0 Å². The number of nitrogens with zero attached hydrogens (tertiary/aromatic N) is 2. The Bertz CT molecular complexity index is 1060. The highest BCUT2D eigenvalue weighted by atomic mass is 35.5. The highest BCUT2D eigenvalue weighted by Gasteiger charge is 2.78. The van der Waals surface area contributed by atoms with Gasteiger partial charge in [0.05, 0.1) is 28.8 Å². The molecule has 2 amide bonds. The summed E-state index contributed by atoms with van der Waals surface area (Å²) in [5, 5.41) is 9.89. The van der Waals surface area contributed by atoms with Crippen LogP contribution in [0.15, 0.2) is 49.6 Å². The number of esters is 1. The van der Waals surface area contributed by atoms with Crippen LogP contribution in [-0.2, 0) is 23.9 Å². The second-order valence-electron chi connectivity index (χ2n) is 9.77. The minimum atomic E-state index is -1.18. The van der Waals surface area contributed by atoms with Gasteiger partial charge in [0.2, 0.25) is 5.91 Å². The Morgan fingerprint density at radius 3 is 2.72 bits per heavy atom. The minimum absolute atomic E-state index is 0.144. The maximum atomic E-state index is 14.3. The number of aliphatic hydroxyl groups is 1. The van der Waals surface area contributed by atoms with Gasteiger partial charge in [-0.05, 0) is 44.7 Å². The van der Waals surface area contributed by atoms with Gasteiger partial charge in [-0.1, -0.05) is 35.9 Å². The zero-order valence-corrected chi connectivity index (χ0v) is 21.3. The molecule has 3 saturated heterocycles. The minimum Gasteiger partial charge on any atom is -0.465 e. The molecule has 5 atom stereocenters. The van der Waals surface area contributed by atoms with Crippen LogP contribution < -0.4 is 4.90 Å². The smallest absolute Gasteiger partial charge is 0.312 e. The van der Waals surface area contributed by atoms with Crippen LogP contribution in [0, 0.1) is 11.8 Å². The molecule has 1 aromatic carbocycles. The quantitative estimate of drug-likeness (QED) is 0.276. The van der Waals surface area contributed by atoms with Gasteiger partial charge in [0.15, 0.2) is 0 Å². The number of aliphatic hydroxyl groups excluding tert-OH is 1. The van der Waals surface area contributed by atoms with E-state index in [1.165, 1.54) is 9.80 Å². The third-order valence-corrected chi connectivity index (χ3v) is 7.93. The number of carbonyl (C=O) groups excluding carboxylic acids is 3. The van der Waals surface area contributed by atoms with E-state index in [2.05, 4.69) is 13.2 Å². The Labute approximate surface area is 216 Å². The van der Waals surface area contributed by atoms with Crippen molar-refractivity contribution in [1.82, 2.24) is 4.90 Å². The van der Waals surface area contributed by atoms with E-state index in [0.29, 0.717) is 30.0 Å². The highest BCUT2D eigenvalue weighted by Crippen LogP contribution is 2.63. The van der Waals surface area contributed by atoms with Gasteiger partial charge in [0.1, 0.15) is 17.6 Å². The predicted molar refractivity (Wildman–Crippen MR) is 135 cm³/mol. The number of hydrogen-bond acceptors (Lipinski definition) is 6. The molecule has 4 rings (SSSR count). The molecule has 0 aliphatic carbocycles. The monoisotopic (exact) mass is 516 g/mol. The summed E-state index contributed by atoms with van der Waals surface area (Å²) in [6, 6.07) is 6.00. The Hall–Kier alpha value is -2.68. The largest absolute Gasteiger partial charge is 0.465 e. The summed E-state index contributed by atoms with van der Waals surface area (Å²) < 4.78 is 12.1. The Kier molecular flexibility index (Phi) is 7.59. The molecule has 3 fully saturated rings. The van der Waals surface area contributed by atoms with E-state index in [9.17, 15) is 19.5 Å². The number of anilines is 1. The van der Waals surface area contributed by atoms with Crippen molar-refractivity contribution in [3.63, 3.8) is 0 Å². The summed E-state index contributed by atoms with van der Waals surface area (Å²) in [5.74, 6) is -2.86. The molecule has 1 spiro atoms. The third kappa shape index (κ3) is 4.15. The zero-order chi connectivity index (χ0) is 26.1. The van der Waals surface area contributed by atoms with E-state index in [4.69, 9.17) is 21.1 Å². The van der Waals surface area contributed by atoms with Crippen LogP contribution in [0.5, 0.6) is 0 Å². The van der Waals surface area contributed by atoms with Crippen molar-refractivity contribution in [2.75, 3.05) is 31.2 Å². The SMILES string of the molecule is C=CCCOC(=O)[C@H]1[C@H]2C(=O)N(CCCO)C(C(=O)N(CC=C)c3ccccc3Cl)C23CC[C@]1(C)O3. The second kappa shape index (κ2) is 10.4. The lowest BCUT2D eigenvalue weighted by Crippen LogP contribution is -2.56. The molecule has 8 nitrogen and oxygen atoms in total. The van der Waals surface area contributed by atoms with Gasteiger partial charge in [-0.2, -0.15) is 0 Å². The van der Waals surface area contributed by atoms with Crippen molar-refractivity contribution in [3.05, 3.63) is 54.6 Å². The number of para-hydroxylation sites is 1. The first-order valence-corrected chi connectivity index (χ1v) is 12.7. The lowest BCUT2D eigenvalue weighted by Gasteiger charge is -2.37. The fourth-order valence-electron chi connectivity index (χ4n) is 6.13. The maximum absolute atomic E-state index is 14.3. The van der Waals surface area contributed by atoms with E-state index in [1.54, 1.807) is 36.4 Å². The number of carbonyl (C=O) groups is 3. The van der Waals surface area contributed by atoms with Crippen LogP contribution in [-0.4, -0.2) is 71.3 Å². The Morgan fingerprint density at radius 2 is 2.06 bits per heavy atom. The molecular weight excluding hydrogens is 484 g/mol. The molecule has 36 heavy (non-hydrogen) atoms. The number of fused-ring (bicyclic) bond motifs is 1. The van der Waals surface area contributed by atoms with Gasteiger partial charge >= 0.3 is 5.97 Å². The van der Waals surface area contributed by atoms with Crippen LogP contribution in [0.2, 0.25) is 5.02 Å². The molecule has 3 heterocycles. The number of rotatable bonds is 11. The second-order valence-corrected chi connectivity index (χ2v) is 10.2. The summed E-state index contributed by atoms with van der Waals surface area (Å²) in [6.45, 7) is 9.61. The summed E-state index contributed by atoms with van der Waals surface area (Å²) in [4.78, 5) is 44.4. The normalized spacial score (nSPS) is 30.2. The fraction of sp³-hybridized carbons (Fsp3) is 0.519. The first-order valence-electron chi connectivity index (χ1n) is 12.3. The van der Waals surface area contributed by atoms with E-state index in [1.807, 2.05) is 6.92 Å². The van der Waals surface area contributed by atoms with Crippen LogP contribution in [0.1, 0.15) is 32.6 Å². The number of halogens is 1. The van der Waals surface area contributed by atoms with Gasteiger partial charge in [-0.15, -0.1) is 13.2 Å². The zero-order valence-electron chi connectivity index (χ0n) is 20.5. The van der Waals surface area contributed by atoms with E-state index >= 15 is 0 Å². The first-order chi connectivity index (χ1) is 17.3. The van der Waals surface area contributed by atoms with Gasteiger partial charge in [-0.3, -0.25) is 14.4 Å². The Morgan fingerprint density at radius 1 is 1.31 bits per heavy atom. The maximum Gasteiger partial charge on any atom is 0.312 e. The number of amides is 2. The molecule has 2 bridgehead atoms. The molecular formula is C27H33ClN2O6. The van der Waals surface area contributed by atoms with Crippen LogP contribution in [0.25, 0.3) is 0 Å². The van der Waals surface area contributed by atoms with Gasteiger partial charge in [0, 0.05) is 19.7 Å². The topological polar surface area (TPSA) is 96.4 Å². The predicted octanol–water partition coefficient (Wildman–Crippen LogP) is 3.13. The van der Waals surface area contributed by atoms with Crippen molar-refractivity contribution >= 4 is 35.1 Å². The molecule has 0 radical (unpaired) electrons. The summed E-state index contributed by atoms with van der Waals surface area (Å²) >= 11 is 6.45. The van der Waals surface area contributed by atoms with E-state index in [-0.39, 0.29) is 44.5 Å². The van der Waals surface area contributed by atoms with Crippen molar-refractivity contribution < 1.29 is 29.0 Å². The molecule has 1 aromatic rings. The number of ether oxygens (including phenoxy) is 2. The standard InChI is InChI=1S/C27H33ClN2O6/c1-4-6-17-35-25(34)21-20-23(32)30(15-9-16-31)22(27(20)13-12-26(21,3)36-27)24(33)29(14-5-2)19-11-8-7-10-18(19)28/h4-5,7-8,10-11,20-22,31H,1-2,6,9,12-17H2,3H3/t20-,21+,22?,26-,27?/m0/s1. The molecule has 3 aliphatic rings. The van der Waals surface area contributed by atoms with Crippen molar-refractivity contribution in [2.45, 2.75) is 49.9 Å². The lowest BCUT2D eigenvalue weighted by atomic mass is 9.66. The number of hydrogen-bond donors (Lipinski definition) is 1. The number of likely N-dealkylation sites (tertiary alicyclic amines) is 1. The van der Waals surface area contributed by atoms with Crippen LogP contribution in [0.4, 0.5) is 5.69 Å². The Balaban J connectivity index is 1.76. The van der Waals surface area contributed by atoms with Crippen molar-refractivity contribution in [1.29, 1.82) is 0 Å². The van der Waals surface area contributed by atoms with Crippen LogP contribution >= 0.6 is 11.6 Å². The molecule has 2 unspecified atom stereocenters. The van der Waals surface area contributed by atoms with Gasteiger partial charge in [-0.25, -0.2) is 0 Å². The molecule has 194 valence electrons. The molecule has 9 heteroatoms. The molecule has 3 aliphatic heterocycles. The molecule has 0 saturated carbocycles. The van der Waals surface area contributed by atoms with Gasteiger partial charge in [0.25, 0.3) is 5.91 Å². The molecule has 0 aromatic heterocycles.